The van der Waals surface area contributed by atoms with Gasteiger partial charge in [-0.15, -0.1) is 0 Å². The zero-order valence-electron chi connectivity index (χ0n) is 29.8. The Hall–Kier alpha value is -4.47. The Bertz CT molecular complexity index is 1910. The number of benzene rings is 2. The quantitative estimate of drug-likeness (QED) is 0.214. The van der Waals surface area contributed by atoms with E-state index in [1.807, 2.05) is 6.92 Å². The third-order valence-electron chi connectivity index (χ3n) is 9.62. The van der Waals surface area contributed by atoms with E-state index >= 15 is 0 Å². The van der Waals surface area contributed by atoms with E-state index in [9.17, 15) is 8.42 Å². The van der Waals surface area contributed by atoms with E-state index in [1.54, 1.807) is 31.6 Å². The highest BCUT2D eigenvalue weighted by Gasteiger charge is 2.28. The number of fused-ring (bicyclic) bond motifs is 1. The lowest BCUT2D eigenvalue weighted by Crippen LogP contribution is -2.52. The summed E-state index contributed by atoms with van der Waals surface area (Å²) in [5.74, 6) is 1.76. The number of likely N-dealkylation sites (N-methyl/N-ethyl adjacent to an activating group) is 1. The van der Waals surface area contributed by atoms with Crippen LogP contribution in [0, 0.1) is 0 Å². The first-order chi connectivity index (χ1) is 24.1. The molecular formula is C35H48N10O4S. The molecule has 4 heterocycles. The van der Waals surface area contributed by atoms with Crippen LogP contribution in [0.15, 0.2) is 42.9 Å². The Kier molecular flexibility index (Phi) is 10.7. The van der Waals surface area contributed by atoms with Gasteiger partial charge in [0.25, 0.3) is 0 Å². The predicted octanol–water partition coefficient (Wildman–Crippen LogP) is 4.49. The van der Waals surface area contributed by atoms with Gasteiger partial charge in [0.2, 0.25) is 16.0 Å². The lowest BCUT2D eigenvalue weighted by Gasteiger charge is -2.43. The number of aryl methyl sites for hydroxylation is 1. The summed E-state index contributed by atoms with van der Waals surface area (Å²) in [5.41, 5.74) is 4.93. The molecule has 15 heteroatoms. The zero-order chi connectivity index (χ0) is 35.4. The number of piperidine rings is 1. The van der Waals surface area contributed by atoms with Crippen molar-refractivity contribution >= 4 is 55.6 Å². The number of nitrogens with one attached hydrogen (secondary N) is 2. The van der Waals surface area contributed by atoms with E-state index in [0.29, 0.717) is 58.3 Å². The molecule has 2 aliphatic rings. The van der Waals surface area contributed by atoms with Gasteiger partial charge >= 0.3 is 0 Å². The lowest BCUT2D eigenvalue weighted by atomic mass is 9.99. The molecule has 14 nitrogen and oxygen atoms in total. The molecule has 2 aliphatic heterocycles. The van der Waals surface area contributed by atoms with Crippen LogP contribution in [0.4, 0.5) is 34.5 Å². The van der Waals surface area contributed by atoms with E-state index in [0.717, 1.165) is 70.5 Å². The van der Waals surface area contributed by atoms with Crippen molar-refractivity contribution in [2.45, 2.75) is 39.2 Å². The van der Waals surface area contributed by atoms with E-state index in [1.165, 1.54) is 28.8 Å². The van der Waals surface area contributed by atoms with Crippen LogP contribution in [0.5, 0.6) is 11.5 Å². The van der Waals surface area contributed by atoms with Crippen LogP contribution in [0.1, 0.15) is 32.3 Å². The molecular weight excluding hydrogens is 657 g/mol. The summed E-state index contributed by atoms with van der Waals surface area (Å²) in [6, 6.07) is 8.40. The summed E-state index contributed by atoms with van der Waals surface area (Å²) in [5, 5.41) is 6.66. The number of ether oxygens (including phenoxy) is 2. The van der Waals surface area contributed by atoms with Crippen molar-refractivity contribution in [3.63, 3.8) is 0 Å². The number of sulfonamides is 1. The number of methoxy groups -OCH3 is 1. The van der Waals surface area contributed by atoms with Crippen molar-refractivity contribution in [1.29, 1.82) is 0 Å². The fourth-order valence-electron chi connectivity index (χ4n) is 6.75. The standard InChI is InChI=1S/C35H48N10O4S/c1-7-24-21-28(30(48-5)22-29(24)45-15-11-25(12-16-45)44-19-17-42(3)18-20-44)40-35-38-23-31(49-8-2)34(41-35)39-27-10-9-26-32(37-14-13-36-26)33(27)43(4)50(6,46)47/h9-10,13-14,21-23,25H,7-8,11-12,15-20H2,1-6H3,(H2,38,39,40,41). The molecule has 2 aromatic carbocycles. The van der Waals surface area contributed by atoms with Crippen molar-refractivity contribution in [2.24, 2.45) is 0 Å². The molecule has 2 N–H and O–H groups in total. The Morgan fingerprint density at radius 3 is 2.36 bits per heavy atom. The molecule has 4 aromatic rings. The average Bonchev–Trinajstić information content (AvgIpc) is 3.12. The molecule has 268 valence electrons. The highest BCUT2D eigenvalue weighted by Crippen LogP contribution is 2.39. The second kappa shape index (κ2) is 15.2. The van der Waals surface area contributed by atoms with Crippen LogP contribution in [0.2, 0.25) is 0 Å². The maximum absolute atomic E-state index is 12.7. The van der Waals surface area contributed by atoms with E-state index in [-0.39, 0.29) is 0 Å². The Morgan fingerprint density at radius 1 is 0.940 bits per heavy atom. The molecule has 0 atom stereocenters. The fourth-order valence-corrected chi connectivity index (χ4v) is 7.27. The van der Waals surface area contributed by atoms with Gasteiger partial charge in [0.1, 0.15) is 17.0 Å². The molecule has 0 radical (unpaired) electrons. The van der Waals surface area contributed by atoms with Gasteiger partial charge in [0, 0.05) is 76.5 Å². The Morgan fingerprint density at radius 2 is 1.68 bits per heavy atom. The first kappa shape index (κ1) is 35.4. The van der Waals surface area contributed by atoms with Crippen LogP contribution < -0.4 is 29.3 Å². The Labute approximate surface area is 294 Å². The number of aromatic nitrogens is 4. The molecule has 50 heavy (non-hydrogen) atoms. The second-order valence-corrected chi connectivity index (χ2v) is 14.8. The summed E-state index contributed by atoms with van der Waals surface area (Å²) >= 11 is 0. The van der Waals surface area contributed by atoms with Gasteiger partial charge in [-0.05, 0) is 57.0 Å². The van der Waals surface area contributed by atoms with E-state index < -0.39 is 10.0 Å². The number of piperazine rings is 1. The molecule has 0 aliphatic carbocycles. The summed E-state index contributed by atoms with van der Waals surface area (Å²) in [6.07, 6.45) is 8.98. The minimum atomic E-state index is -3.64. The Balaban J connectivity index is 1.27. The van der Waals surface area contributed by atoms with E-state index in [2.05, 4.69) is 66.4 Å². The molecule has 0 spiro atoms. The van der Waals surface area contributed by atoms with Crippen LogP contribution in [-0.4, -0.2) is 118 Å². The van der Waals surface area contributed by atoms with Crippen molar-refractivity contribution in [3.8, 4) is 11.5 Å². The van der Waals surface area contributed by atoms with Crippen molar-refractivity contribution in [3.05, 3.63) is 48.4 Å². The fraction of sp³-hybridized carbons (Fsp3) is 0.486. The minimum Gasteiger partial charge on any atom is -0.494 e. The van der Waals surface area contributed by atoms with Crippen molar-refractivity contribution < 1.29 is 17.9 Å². The summed E-state index contributed by atoms with van der Waals surface area (Å²) < 4.78 is 38.4. The van der Waals surface area contributed by atoms with Gasteiger partial charge in [0.15, 0.2) is 11.6 Å². The van der Waals surface area contributed by atoms with Gasteiger partial charge in [0.05, 0.1) is 43.1 Å². The number of nitrogens with zero attached hydrogens (tertiary/aromatic N) is 8. The summed E-state index contributed by atoms with van der Waals surface area (Å²) in [7, 11) is 1.72. The molecule has 0 unspecified atom stereocenters. The average molecular weight is 705 g/mol. The van der Waals surface area contributed by atoms with Gasteiger partial charge in [-0.3, -0.25) is 19.2 Å². The highest BCUT2D eigenvalue weighted by molar-refractivity contribution is 7.92. The minimum absolute atomic E-state index is 0.315. The number of hydrogen-bond acceptors (Lipinski definition) is 13. The largest absolute Gasteiger partial charge is 0.494 e. The van der Waals surface area contributed by atoms with Crippen molar-refractivity contribution in [1.82, 2.24) is 29.7 Å². The molecule has 2 fully saturated rings. The highest BCUT2D eigenvalue weighted by atomic mass is 32.2. The molecule has 2 saturated heterocycles. The molecule has 0 bridgehead atoms. The normalized spacial score (nSPS) is 16.4. The van der Waals surface area contributed by atoms with Crippen LogP contribution in [0.3, 0.4) is 0 Å². The van der Waals surface area contributed by atoms with E-state index in [4.69, 9.17) is 14.5 Å². The van der Waals surface area contributed by atoms with Gasteiger partial charge in [-0.25, -0.2) is 13.4 Å². The molecule has 2 aromatic heterocycles. The first-order valence-electron chi connectivity index (χ1n) is 17.2. The first-order valence-corrected chi connectivity index (χ1v) is 19.0. The predicted molar refractivity (Wildman–Crippen MR) is 199 cm³/mol. The number of hydrogen-bond donors (Lipinski definition) is 2. The second-order valence-electron chi connectivity index (χ2n) is 12.8. The molecule has 6 rings (SSSR count). The maximum Gasteiger partial charge on any atom is 0.232 e. The third kappa shape index (κ3) is 7.64. The smallest absolute Gasteiger partial charge is 0.232 e. The monoisotopic (exact) mass is 704 g/mol. The van der Waals surface area contributed by atoms with Crippen LogP contribution in [-0.2, 0) is 16.4 Å². The van der Waals surface area contributed by atoms with Crippen LogP contribution in [0.25, 0.3) is 11.0 Å². The SMILES string of the molecule is CCOc1cnc(Nc2cc(CC)c(N3CCC(N4CCN(C)CC4)CC3)cc2OC)nc1Nc1ccc2nccnc2c1N(C)S(C)(=O)=O. The number of rotatable bonds is 12. The number of anilines is 6. The lowest BCUT2D eigenvalue weighted by molar-refractivity contribution is 0.0982. The van der Waals surface area contributed by atoms with Crippen LogP contribution >= 0.6 is 0 Å². The molecule has 0 saturated carbocycles. The maximum atomic E-state index is 12.7. The summed E-state index contributed by atoms with van der Waals surface area (Å²) in [4.78, 5) is 25.7. The van der Waals surface area contributed by atoms with Gasteiger partial charge in [-0.1, -0.05) is 6.92 Å². The molecule has 0 amide bonds. The van der Waals surface area contributed by atoms with Crippen molar-refractivity contribution in [2.75, 3.05) is 93.2 Å². The summed E-state index contributed by atoms with van der Waals surface area (Å²) in [6.45, 7) is 11.0. The zero-order valence-corrected chi connectivity index (χ0v) is 30.6. The topological polar surface area (TPSA) is 141 Å². The van der Waals surface area contributed by atoms with Gasteiger partial charge in [-0.2, -0.15) is 4.98 Å². The third-order valence-corrected chi connectivity index (χ3v) is 10.8. The van der Waals surface area contributed by atoms with Gasteiger partial charge < -0.3 is 29.9 Å².